The van der Waals surface area contributed by atoms with Gasteiger partial charge in [0.2, 0.25) is 0 Å². The quantitative estimate of drug-likeness (QED) is 0.847. The molecule has 1 aromatic rings. The van der Waals surface area contributed by atoms with Crippen LogP contribution < -0.4 is 5.73 Å². The molecule has 0 bridgehead atoms. The summed E-state index contributed by atoms with van der Waals surface area (Å²) in [4.78, 5) is 12.2. The van der Waals surface area contributed by atoms with E-state index in [-0.39, 0.29) is 5.41 Å². The fraction of sp³-hybridized carbons (Fsp3) is 0.583. The molecule has 2 rings (SSSR count). The maximum absolute atomic E-state index is 10.9. The molecule has 1 heterocycles. The fourth-order valence-corrected chi connectivity index (χ4v) is 3.69. The van der Waals surface area contributed by atoms with Crippen molar-refractivity contribution in [2.45, 2.75) is 43.6 Å². The van der Waals surface area contributed by atoms with Crippen LogP contribution in [0.4, 0.5) is 0 Å². The van der Waals surface area contributed by atoms with Gasteiger partial charge in [-0.25, -0.2) is 0 Å². The molecule has 1 aliphatic carbocycles. The van der Waals surface area contributed by atoms with Gasteiger partial charge in [-0.1, -0.05) is 18.9 Å². The molecule has 1 fully saturated rings. The van der Waals surface area contributed by atoms with E-state index in [1.807, 2.05) is 6.07 Å². The van der Waals surface area contributed by atoms with Crippen molar-refractivity contribution < 1.29 is 9.90 Å². The van der Waals surface area contributed by atoms with Gasteiger partial charge < -0.3 is 10.8 Å². The van der Waals surface area contributed by atoms with Gasteiger partial charge in [0.1, 0.15) is 6.04 Å². The molecule has 0 saturated heterocycles. The minimum absolute atomic E-state index is 0.0337. The summed E-state index contributed by atoms with van der Waals surface area (Å²) >= 11 is 1.72. The van der Waals surface area contributed by atoms with Crippen LogP contribution in [0.1, 0.15) is 37.0 Å². The monoisotopic (exact) mass is 239 g/mol. The average Bonchev–Trinajstić information content (AvgIpc) is 2.87. The van der Waals surface area contributed by atoms with Crippen LogP contribution in [0.5, 0.6) is 0 Å². The van der Waals surface area contributed by atoms with Crippen molar-refractivity contribution in [3.05, 3.63) is 22.4 Å². The molecule has 0 aromatic carbocycles. The Morgan fingerprint density at radius 2 is 2.25 bits per heavy atom. The van der Waals surface area contributed by atoms with Gasteiger partial charge in [0.05, 0.1) is 0 Å². The van der Waals surface area contributed by atoms with Crippen molar-refractivity contribution in [1.29, 1.82) is 0 Å². The van der Waals surface area contributed by atoms with Crippen LogP contribution in [0.25, 0.3) is 0 Å². The molecule has 1 aromatic heterocycles. The Hall–Kier alpha value is -0.870. The maximum Gasteiger partial charge on any atom is 0.320 e. The number of nitrogens with two attached hydrogens (primary N) is 1. The molecule has 88 valence electrons. The minimum Gasteiger partial charge on any atom is -0.480 e. The Labute approximate surface area is 99.3 Å². The molecule has 16 heavy (non-hydrogen) atoms. The number of rotatable bonds is 4. The van der Waals surface area contributed by atoms with E-state index in [2.05, 4.69) is 11.4 Å². The van der Waals surface area contributed by atoms with E-state index in [0.717, 1.165) is 12.8 Å². The highest BCUT2D eigenvalue weighted by Crippen LogP contribution is 2.46. The zero-order valence-corrected chi connectivity index (χ0v) is 10.0. The normalized spacial score (nSPS) is 20.8. The predicted octanol–water partition coefficient (Wildman–Crippen LogP) is 2.36. The van der Waals surface area contributed by atoms with Crippen LogP contribution >= 0.6 is 11.3 Å². The van der Waals surface area contributed by atoms with Crippen LogP contribution in [0.3, 0.4) is 0 Å². The summed E-state index contributed by atoms with van der Waals surface area (Å²) in [5, 5.41) is 11.0. The number of thiophene rings is 1. The average molecular weight is 239 g/mol. The molecule has 3 N–H and O–H groups in total. The van der Waals surface area contributed by atoms with Gasteiger partial charge in [0.25, 0.3) is 0 Å². The Balaban J connectivity index is 2.20. The van der Waals surface area contributed by atoms with Gasteiger partial charge in [0.15, 0.2) is 0 Å². The third-order valence-electron chi connectivity index (χ3n) is 3.53. The summed E-state index contributed by atoms with van der Waals surface area (Å²) in [6.45, 7) is 0. The van der Waals surface area contributed by atoms with Crippen LogP contribution in [-0.2, 0) is 10.2 Å². The first-order valence-electron chi connectivity index (χ1n) is 5.66. The Morgan fingerprint density at radius 1 is 1.56 bits per heavy atom. The number of carboxylic acids is 1. The molecule has 0 aliphatic heterocycles. The zero-order chi connectivity index (χ0) is 11.6. The van der Waals surface area contributed by atoms with Crippen LogP contribution in [-0.4, -0.2) is 17.1 Å². The molecule has 1 unspecified atom stereocenters. The van der Waals surface area contributed by atoms with E-state index < -0.39 is 12.0 Å². The summed E-state index contributed by atoms with van der Waals surface area (Å²) in [7, 11) is 0. The van der Waals surface area contributed by atoms with E-state index in [1.54, 1.807) is 11.3 Å². The first-order valence-corrected chi connectivity index (χ1v) is 6.54. The first-order chi connectivity index (χ1) is 7.64. The Morgan fingerprint density at radius 3 is 2.75 bits per heavy atom. The van der Waals surface area contributed by atoms with Crippen molar-refractivity contribution in [2.24, 2.45) is 5.73 Å². The van der Waals surface area contributed by atoms with Gasteiger partial charge in [-0.05, 0) is 30.7 Å². The van der Waals surface area contributed by atoms with Gasteiger partial charge in [-0.15, -0.1) is 11.3 Å². The lowest BCUT2D eigenvalue weighted by molar-refractivity contribution is -0.139. The third kappa shape index (κ3) is 2.13. The van der Waals surface area contributed by atoms with Gasteiger partial charge in [-0.2, -0.15) is 0 Å². The lowest BCUT2D eigenvalue weighted by atomic mass is 9.78. The third-order valence-corrected chi connectivity index (χ3v) is 4.65. The first kappa shape index (κ1) is 11.6. The van der Waals surface area contributed by atoms with E-state index >= 15 is 0 Å². The Bertz CT molecular complexity index is 355. The predicted molar refractivity (Wildman–Crippen MR) is 64.7 cm³/mol. The van der Waals surface area contributed by atoms with Crippen molar-refractivity contribution in [3.63, 3.8) is 0 Å². The standard InChI is InChI=1S/C12H17NO2S/c13-9(11(14)15)8-12(5-1-2-6-12)10-4-3-7-16-10/h3-4,7,9H,1-2,5-6,8,13H2,(H,14,15). The highest BCUT2D eigenvalue weighted by Gasteiger charge is 2.39. The second kappa shape index (κ2) is 4.55. The van der Waals surface area contributed by atoms with Gasteiger partial charge in [0, 0.05) is 10.3 Å². The molecular weight excluding hydrogens is 222 g/mol. The molecule has 0 spiro atoms. The van der Waals surface area contributed by atoms with E-state index in [9.17, 15) is 4.79 Å². The van der Waals surface area contributed by atoms with E-state index in [0.29, 0.717) is 6.42 Å². The zero-order valence-electron chi connectivity index (χ0n) is 9.19. The molecule has 1 aliphatic rings. The van der Waals surface area contributed by atoms with Crippen molar-refractivity contribution in [2.75, 3.05) is 0 Å². The van der Waals surface area contributed by atoms with Crippen molar-refractivity contribution in [3.8, 4) is 0 Å². The summed E-state index contributed by atoms with van der Waals surface area (Å²) in [5.41, 5.74) is 5.73. The van der Waals surface area contributed by atoms with Crippen molar-refractivity contribution >= 4 is 17.3 Å². The number of aliphatic carboxylic acids is 1. The lowest BCUT2D eigenvalue weighted by Gasteiger charge is -2.29. The Kier molecular flexibility index (Phi) is 3.30. The largest absolute Gasteiger partial charge is 0.480 e. The second-order valence-corrected chi connectivity index (χ2v) is 5.56. The SMILES string of the molecule is NC(CC1(c2cccs2)CCCC1)C(=O)O. The molecular formula is C12H17NO2S. The van der Waals surface area contributed by atoms with Gasteiger partial charge >= 0.3 is 5.97 Å². The van der Waals surface area contributed by atoms with E-state index in [1.165, 1.54) is 17.7 Å². The molecule has 3 nitrogen and oxygen atoms in total. The van der Waals surface area contributed by atoms with Crippen LogP contribution in [0.15, 0.2) is 17.5 Å². The molecule has 0 amide bonds. The van der Waals surface area contributed by atoms with E-state index in [4.69, 9.17) is 10.8 Å². The number of hydrogen-bond acceptors (Lipinski definition) is 3. The minimum atomic E-state index is -0.886. The topological polar surface area (TPSA) is 63.3 Å². The van der Waals surface area contributed by atoms with Gasteiger partial charge in [-0.3, -0.25) is 4.79 Å². The summed E-state index contributed by atoms with van der Waals surface area (Å²) in [6, 6.07) is 3.41. The highest BCUT2D eigenvalue weighted by atomic mass is 32.1. The maximum atomic E-state index is 10.9. The van der Waals surface area contributed by atoms with Crippen LogP contribution in [0, 0.1) is 0 Å². The number of carbonyl (C=O) groups is 1. The van der Waals surface area contributed by atoms with Crippen LogP contribution in [0.2, 0.25) is 0 Å². The molecule has 4 heteroatoms. The lowest BCUT2D eigenvalue weighted by Crippen LogP contribution is -2.38. The summed E-state index contributed by atoms with van der Waals surface area (Å²) < 4.78 is 0. The molecule has 1 saturated carbocycles. The smallest absolute Gasteiger partial charge is 0.320 e. The number of carboxylic acid groups (broad SMARTS) is 1. The summed E-state index contributed by atoms with van der Waals surface area (Å²) in [5.74, 6) is -0.886. The second-order valence-electron chi connectivity index (χ2n) is 4.61. The fourth-order valence-electron chi connectivity index (χ4n) is 2.69. The van der Waals surface area contributed by atoms with Crippen molar-refractivity contribution in [1.82, 2.24) is 0 Å². The molecule has 1 atom stereocenters. The molecule has 0 radical (unpaired) electrons. The number of hydrogen-bond donors (Lipinski definition) is 2. The summed E-state index contributed by atoms with van der Waals surface area (Å²) in [6.07, 6.45) is 5.10. The highest BCUT2D eigenvalue weighted by molar-refractivity contribution is 7.10.